The number of nitrogens with one attached hydrogen (secondary N) is 1. The van der Waals surface area contributed by atoms with Gasteiger partial charge in [0.1, 0.15) is 0 Å². The minimum absolute atomic E-state index is 0.339. The molecule has 0 aliphatic carbocycles. The zero-order valence-electron chi connectivity index (χ0n) is 7.97. The third-order valence-electron chi connectivity index (χ3n) is 2.29. The van der Waals surface area contributed by atoms with E-state index in [0.29, 0.717) is 0 Å². The Morgan fingerprint density at radius 3 is 2.43 bits per heavy atom. The highest BCUT2D eigenvalue weighted by atomic mass is 16.4. The molecule has 1 rings (SSSR count). The average Bonchev–Trinajstić information content (AvgIpc) is 2.20. The summed E-state index contributed by atoms with van der Waals surface area (Å²) in [6.45, 7) is 1.62. The smallest absolute Gasteiger partial charge is 0.307 e. The Morgan fingerprint density at radius 1 is 1.43 bits per heavy atom. The summed E-state index contributed by atoms with van der Waals surface area (Å²) >= 11 is 0. The van der Waals surface area contributed by atoms with E-state index in [1.807, 2.05) is 30.3 Å². The number of carbonyl (C=O) groups is 1. The molecule has 0 heterocycles. The Kier molecular flexibility index (Phi) is 3.40. The molecule has 0 bridgehead atoms. The summed E-state index contributed by atoms with van der Waals surface area (Å²) in [7, 11) is 0. The molecule has 2 atom stereocenters. The fourth-order valence-corrected chi connectivity index (χ4v) is 1.36. The van der Waals surface area contributed by atoms with Crippen molar-refractivity contribution in [1.29, 1.82) is 5.41 Å². The summed E-state index contributed by atoms with van der Waals surface area (Å²) in [5, 5.41) is 16.1. The van der Waals surface area contributed by atoms with Crippen molar-refractivity contribution >= 4 is 12.2 Å². The number of rotatable bonds is 4. The molecule has 74 valence electrons. The van der Waals surface area contributed by atoms with Gasteiger partial charge >= 0.3 is 5.97 Å². The second kappa shape index (κ2) is 4.56. The van der Waals surface area contributed by atoms with Gasteiger partial charge in [-0.15, -0.1) is 0 Å². The largest absolute Gasteiger partial charge is 0.481 e. The minimum Gasteiger partial charge on any atom is -0.481 e. The van der Waals surface area contributed by atoms with Crippen molar-refractivity contribution in [2.75, 3.05) is 0 Å². The summed E-state index contributed by atoms with van der Waals surface area (Å²) in [6, 6.07) is 9.25. The van der Waals surface area contributed by atoms with Gasteiger partial charge < -0.3 is 10.5 Å². The molecule has 3 nitrogen and oxygen atoms in total. The summed E-state index contributed by atoms with van der Waals surface area (Å²) in [4.78, 5) is 10.8. The monoisotopic (exact) mass is 191 g/mol. The number of benzene rings is 1. The molecule has 1 aromatic rings. The van der Waals surface area contributed by atoms with Crippen LogP contribution in [-0.4, -0.2) is 17.3 Å². The molecule has 0 spiro atoms. The molecule has 0 saturated carbocycles. The molecule has 0 radical (unpaired) electrons. The lowest BCUT2D eigenvalue weighted by Crippen LogP contribution is -2.19. The number of hydrogen-bond acceptors (Lipinski definition) is 2. The van der Waals surface area contributed by atoms with Crippen LogP contribution in [0.4, 0.5) is 0 Å². The lowest BCUT2D eigenvalue weighted by molar-refractivity contribution is -0.141. The molecule has 14 heavy (non-hydrogen) atoms. The van der Waals surface area contributed by atoms with E-state index in [1.165, 1.54) is 6.21 Å². The molecular weight excluding hydrogens is 178 g/mol. The van der Waals surface area contributed by atoms with Gasteiger partial charge in [-0.1, -0.05) is 37.3 Å². The van der Waals surface area contributed by atoms with Crippen LogP contribution in [0.2, 0.25) is 0 Å². The van der Waals surface area contributed by atoms with Crippen molar-refractivity contribution in [3.63, 3.8) is 0 Å². The minimum atomic E-state index is -0.873. The van der Waals surface area contributed by atoms with Crippen molar-refractivity contribution in [3.05, 3.63) is 35.9 Å². The zero-order chi connectivity index (χ0) is 10.6. The summed E-state index contributed by atoms with van der Waals surface area (Å²) in [5.74, 6) is -1.77. The number of hydrogen-bond donors (Lipinski definition) is 2. The fourth-order valence-electron chi connectivity index (χ4n) is 1.36. The highest BCUT2D eigenvalue weighted by Gasteiger charge is 2.22. The standard InChI is InChI=1S/C11H13NO2/c1-8(11(13)14)10(7-12)9-5-3-2-4-6-9/h2-8,10,12H,1H3,(H,13,14). The van der Waals surface area contributed by atoms with Crippen LogP contribution in [0.3, 0.4) is 0 Å². The van der Waals surface area contributed by atoms with Crippen LogP contribution in [0.1, 0.15) is 18.4 Å². The van der Waals surface area contributed by atoms with Crippen molar-refractivity contribution in [1.82, 2.24) is 0 Å². The molecule has 0 aromatic heterocycles. The highest BCUT2D eigenvalue weighted by Crippen LogP contribution is 2.22. The third kappa shape index (κ3) is 2.19. The van der Waals surface area contributed by atoms with Crippen LogP contribution in [0.25, 0.3) is 0 Å². The Bertz CT molecular complexity index is 321. The van der Waals surface area contributed by atoms with Crippen molar-refractivity contribution in [3.8, 4) is 0 Å². The van der Waals surface area contributed by atoms with Crippen molar-refractivity contribution < 1.29 is 9.90 Å². The van der Waals surface area contributed by atoms with Gasteiger partial charge in [0.05, 0.1) is 5.92 Å². The van der Waals surface area contributed by atoms with Crippen molar-refractivity contribution in [2.24, 2.45) is 5.92 Å². The lowest BCUT2D eigenvalue weighted by Gasteiger charge is -2.15. The van der Waals surface area contributed by atoms with Crippen LogP contribution in [0, 0.1) is 11.3 Å². The molecule has 0 aliphatic heterocycles. The zero-order valence-corrected chi connectivity index (χ0v) is 7.97. The molecule has 0 amide bonds. The van der Waals surface area contributed by atoms with Crippen LogP contribution < -0.4 is 0 Å². The Hall–Kier alpha value is -1.64. The maximum Gasteiger partial charge on any atom is 0.307 e. The van der Waals surface area contributed by atoms with E-state index in [2.05, 4.69) is 0 Å². The first kappa shape index (κ1) is 10.4. The molecule has 0 fully saturated rings. The van der Waals surface area contributed by atoms with E-state index < -0.39 is 11.9 Å². The molecule has 1 aromatic carbocycles. The molecule has 0 aliphatic rings. The maximum atomic E-state index is 10.8. The van der Waals surface area contributed by atoms with Crippen LogP contribution >= 0.6 is 0 Å². The van der Waals surface area contributed by atoms with Gasteiger partial charge in [-0.3, -0.25) is 4.79 Å². The SMILES string of the molecule is CC(C(=O)O)C(C=N)c1ccccc1. The summed E-state index contributed by atoms with van der Waals surface area (Å²) < 4.78 is 0. The van der Waals surface area contributed by atoms with E-state index in [9.17, 15) is 4.79 Å². The number of carboxylic acids is 1. The maximum absolute atomic E-state index is 10.8. The quantitative estimate of drug-likeness (QED) is 0.716. The lowest BCUT2D eigenvalue weighted by atomic mass is 9.88. The summed E-state index contributed by atoms with van der Waals surface area (Å²) in [5.41, 5.74) is 0.873. The first-order chi connectivity index (χ1) is 6.66. The topological polar surface area (TPSA) is 61.1 Å². The number of aliphatic carboxylic acids is 1. The molecule has 0 saturated heterocycles. The highest BCUT2D eigenvalue weighted by molar-refractivity contribution is 5.78. The van der Waals surface area contributed by atoms with E-state index in [0.717, 1.165) is 5.56 Å². The molecule has 2 unspecified atom stereocenters. The normalized spacial score (nSPS) is 14.4. The van der Waals surface area contributed by atoms with Gasteiger partial charge in [0.15, 0.2) is 0 Å². The predicted octanol–water partition coefficient (Wildman–Crippen LogP) is 2.14. The first-order valence-corrected chi connectivity index (χ1v) is 4.45. The summed E-state index contributed by atoms with van der Waals surface area (Å²) in [6.07, 6.45) is 1.19. The van der Waals surface area contributed by atoms with E-state index in [-0.39, 0.29) is 5.92 Å². The Morgan fingerprint density at radius 2 is 2.00 bits per heavy atom. The van der Waals surface area contributed by atoms with Gasteiger partial charge in [0.25, 0.3) is 0 Å². The van der Waals surface area contributed by atoms with E-state index in [4.69, 9.17) is 10.5 Å². The van der Waals surface area contributed by atoms with Gasteiger partial charge in [0, 0.05) is 12.1 Å². The third-order valence-corrected chi connectivity index (χ3v) is 2.29. The number of carboxylic acid groups (broad SMARTS) is 1. The Labute approximate surface area is 82.9 Å². The molecular formula is C11H13NO2. The van der Waals surface area contributed by atoms with Gasteiger partial charge in [-0.05, 0) is 5.56 Å². The van der Waals surface area contributed by atoms with Crippen LogP contribution in [0.5, 0.6) is 0 Å². The van der Waals surface area contributed by atoms with E-state index >= 15 is 0 Å². The average molecular weight is 191 g/mol. The van der Waals surface area contributed by atoms with Crippen LogP contribution in [0.15, 0.2) is 30.3 Å². The Balaban J connectivity index is 2.93. The molecule has 2 N–H and O–H groups in total. The van der Waals surface area contributed by atoms with Gasteiger partial charge in [-0.25, -0.2) is 0 Å². The second-order valence-electron chi connectivity index (χ2n) is 3.23. The second-order valence-corrected chi connectivity index (χ2v) is 3.23. The van der Waals surface area contributed by atoms with Gasteiger partial charge in [0.2, 0.25) is 0 Å². The first-order valence-electron chi connectivity index (χ1n) is 4.45. The van der Waals surface area contributed by atoms with E-state index in [1.54, 1.807) is 6.92 Å². The van der Waals surface area contributed by atoms with Crippen molar-refractivity contribution in [2.45, 2.75) is 12.8 Å². The van der Waals surface area contributed by atoms with Crippen LogP contribution in [-0.2, 0) is 4.79 Å². The van der Waals surface area contributed by atoms with Gasteiger partial charge in [-0.2, -0.15) is 0 Å². The molecule has 3 heteroatoms. The predicted molar refractivity (Wildman–Crippen MR) is 54.8 cm³/mol. The fraction of sp³-hybridized carbons (Fsp3) is 0.273.